The van der Waals surface area contributed by atoms with E-state index in [4.69, 9.17) is 14.4 Å². The maximum Gasteiger partial charge on any atom is 0.161 e. The van der Waals surface area contributed by atoms with Crippen molar-refractivity contribution in [2.75, 3.05) is 0 Å². The van der Waals surface area contributed by atoms with Crippen molar-refractivity contribution in [3.8, 4) is 44.9 Å². The normalized spacial score (nSPS) is 11.6. The second-order valence-electron chi connectivity index (χ2n) is 12.3. The quantitative estimate of drug-likeness (QED) is 0.201. The van der Waals surface area contributed by atoms with Crippen LogP contribution in [0.15, 0.2) is 150 Å². The zero-order chi connectivity index (χ0) is 31.5. The monoisotopic (exact) mass is 602 g/mol. The summed E-state index contributed by atoms with van der Waals surface area (Å²) in [5, 5.41) is 5.67. The molecule has 0 saturated heterocycles. The molecule has 47 heavy (non-hydrogen) atoms. The summed E-state index contributed by atoms with van der Waals surface area (Å²) >= 11 is 0. The van der Waals surface area contributed by atoms with Gasteiger partial charge in [0.15, 0.2) is 5.82 Å². The van der Waals surface area contributed by atoms with E-state index < -0.39 is 0 Å². The van der Waals surface area contributed by atoms with Crippen LogP contribution in [-0.4, -0.2) is 9.97 Å². The predicted molar refractivity (Wildman–Crippen MR) is 196 cm³/mol. The van der Waals surface area contributed by atoms with Crippen LogP contribution in [0.2, 0.25) is 0 Å². The van der Waals surface area contributed by atoms with Crippen molar-refractivity contribution in [3.63, 3.8) is 0 Å². The number of hydrogen-bond acceptors (Lipinski definition) is 3. The summed E-state index contributed by atoms with van der Waals surface area (Å²) in [5.74, 6) is 0.686. The van der Waals surface area contributed by atoms with Crippen LogP contribution in [-0.2, 0) is 0 Å². The van der Waals surface area contributed by atoms with Gasteiger partial charge in [0.25, 0.3) is 0 Å². The molecule has 0 aliphatic heterocycles. The second-order valence-corrected chi connectivity index (χ2v) is 12.3. The first kappa shape index (κ1) is 27.3. The minimum absolute atomic E-state index is 0.686. The largest absolute Gasteiger partial charge is 0.456 e. The smallest absolute Gasteiger partial charge is 0.161 e. The Kier molecular flexibility index (Phi) is 6.26. The van der Waals surface area contributed by atoms with Gasteiger partial charge in [-0.2, -0.15) is 0 Å². The molecule has 3 heteroatoms. The first-order valence-electron chi connectivity index (χ1n) is 16.0. The Hall–Kier alpha value is -6.06. The van der Waals surface area contributed by atoms with E-state index >= 15 is 0 Å². The van der Waals surface area contributed by atoms with Gasteiger partial charge in [0.05, 0.1) is 11.2 Å². The minimum Gasteiger partial charge on any atom is -0.456 e. The van der Waals surface area contributed by atoms with E-state index in [0.717, 1.165) is 55.2 Å². The van der Waals surface area contributed by atoms with Crippen LogP contribution in [0, 0.1) is 13.8 Å². The molecule has 7 aromatic carbocycles. The van der Waals surface area contributed by atoms with Crippen LogP contribution in [0.3, 0.4) is 0 Å². The van der Waals surface area contributed by atoms with E-state index in [1.54, 1.807) is 0 Å². The fraction of sp³-hybridized carbons (Fsp3) is 0.0455. The Morgan fingerprint density at radius 1 is 0.468 bits per heavy atom. The third-order valence-corrected chi connectivity index (χ3v) is 9.45. The lowest BCUT2D eigenvalue weighted by Crippen LogP contribution is -1.95. The molecule has 2 heterocycles. The van der Waals surface area contributed by atoms with Crippen LogP contribution in [0.25, 0.3) is 88.5 Å². The first-order chi connectivity index (χ1) is 23.1. The molecule has 0 unspecified atom stereocenters. The molecule has 0 aliphatic carbocycles. The van der Waals surface area contributed by atoms with Gasteiger partial charge in [-0.1, -0.05) is 115 Å². The molecule has 0 spiro atoms. The van der Waals surface area contributed by atoms with Crippen molar-refractivity contribution in [3.05, 3.63) is 157 Å². The Balaban J connectivity index is 1.22. The highest BCUT2D eigenvalue weighted by atomic mass is 16.3. The van der Waals surface area contributed by atoms with Gasteiger partial charge in [0, 0.05) is 27.3 Å². The van der Waals surface area contributed by atoms with Crippen molar-refractivity contribution in [1.82, 2.24) is 9.97 Å². The maximum absolute atomic E-state index is 6.42. The van der Waals surface area contributed by atoms with Crippen LogP contribution in [0.4, 0.5) is 0 Å². The van der Waals surface area contributed by atoms with Gasteiger partial charge in [-0.05, 0) is 88.3 Å². The average molecular weight is 603 g/mol. The summed E-state index contributed by atoms with van der Waals surface area (Å²) in [5.41, 5.74) is 12.9. The molecule has 3 nitrogen and oxygen atoms in total. The van der Waals surface area contributed by atoms with Gasteiger partial charge in [-0.3, -0.25) is 0 Å². The van der Waals surface area contributed by atoms with Crippen molar-refractivity contribution in [2.45, 2.75) is 13.8 Å². The maximum atomic E-state index is 6.42. The number of nitrogens with zero attached hydrogens (tertiary/aromatic N) is 2. The fourth-order valence-corrected chi connectivity index (χ4v) is 7.02. The number of benzene rings is 7. The molecule has 222 valence electrons. The molecule has 9 aromatic rings. The van der Waals surface area contributed by atoms with Gasteiger partial charge < -0.3 is 4.42 Å². The zero-order valence-corrected chi connectivity index (χ0v) is 26.2. The number of aryl methyl sites for hydroxylation is 2. The van der Waals surface area contributed by atoms with Crippen LogP contribution in [0.5, 0.6) is 0 Å². The number of hydrogen-bond donors (Lipinski definition) is 0. The number of para-hydroxylation sites is 1. The molecule has 0 bridgehead atoms. The van der Waals surface area contributed by atoms with Gasteiger partial charge in [0.1, 0.15) is 11.2 Å². The summed E-state index contributed by atoms with van der Waals surface area (Å²) in [7, 11) is 0. The molecule has 0 atom stereocenters. The third-order valence-electron chi connectivity index (χ3n) is 9.45. The first-order valence-corrected chi connectivity index (χ1v) is 16.0. The fourth-order valence-electron chi connectivity index (χ4n) is 7.02. The molecule has 9 rings (SSSR count). The summed E-state index contributed by atoms with van der Waals surface area (Å²) in [6, 6.07) is 51.1. The van der Waals surface area contributed by atoms with Crippen LogP contribution < -0.4 is 0 Å². The van der Waals surface area contributed by atoms with E-state index in [0.29, 0.717) is 5.82 Å². The lowest BCUT2D eigenvalue weighted by Gasteiger charge is -2.14. The highest BCUT2D eigenvalue weighted by Crippen LogP contribution is 2.40. The number of aromatic nitrogens is 2. The Morgan fingerprint density at radius 3 is 2.13 bits per heavy atom. The Bertz CT molecular complexity index is 2650. The summed E-state index contributed by atoms with van der Waals surface area (Å²) in [6.45, 7) is 4.42. The molecule has 2 aromatic heterocycles. The Labute approximate surface area is 272 Å². The molecular formula is C44H30N2O. The molecule has 0 radical (unpaired) electrons. The second kappa shape index (κ2) is 10.8. The standard InChI is InChI=1S/C44H30N2O/c1-27-19-20-31(25-37(27)34-23-21-29-11-6-7-14-33(29)28(34)2)32-22-24-40-38(26-32)42-36(16-10-18-41(42)47-40)44-45-39-17-9-8-15-35(39)43(46-44)30-12-4-3-5-13-30/h3-26H,1-2H3. The van der Waals surface area contributed by atoms with E-state index in [9.17, 15) is 0 Å². The highest BCUT2D eigenvalue weighted by Gasteiger charge is 2.18. The van der Waals surface area contributed by atoms with E-state index in [2.05, 4.69) is 129 Å². The van der Waals surface area contributed by atoms with Crippen LogP contribution >= 0.6 is 0 Å². The van der Waals surface area contributed by atoms with Crippen LogP contribution in [0.1, 0.15) is 11.1 Å². The molecule has 0 N–H and O–H groups in total. The summed E-state index contributed by atoms with van der Waals surface area (Å²) in [4.78, 5) is 10.3. The lowest BCUT2D eigenvalue weighted by molar-refractivity contribution is 0.669. The van der Waals surface area contributed by atoms with Crippen molar-refractivity contribution < 1.29 is 4.42 Å². The third kappa shape index (κ3) is 4.51. The van der Waals surface area contributed by atoms with Crippen molar-refractivity contribution in [1.29, 1.82) is 0 Å². The molecular weight excluding hydrogens is 572 g/mol. The molecule has 0 saturated carbocycles. The predicted octanol–water partition coefficient (Wildman–Crippen LogP) is 12.0. The highest BCUT2D eigenvalue weighted by molar-refractivity contribution is 6.13. The lowest BCUT2D eigenvalue weighted by atomic mass is 9.90. The van der Waals surface area contributed by atoms with Gasteiger partial charge >= 0.3 is 0 Å². The number of fused-ring (bicyclic) bond motifs is 5. The van der Waals surface area contributed by atoms with Gasteiger partial charge in [0.2, 0.25) is 0 Å². The van der Waals surface area contributed by atoms with Crippen molar-refractivity contribution in [2.24, 2.45) is 0 Å². The molecule has 0 fully saturated rings. The molecule has 0 aliphatic rings. The van der Waals surface area contributed by atoms with E-state index in [-0.39, 0.29) is 0 Å². The topological polar surface area (TPSA) is 38.9 Å². The Morgan fingerprint density at radius 2 is 1.23 bits per heavy atom. The van der Waals surface area contributed by atoms with E-state index in [1.165, 1.54) is 38.6 Å². The minimum atomic E-state index is 0.686. The van der Waals surface area contributed by atoms with Crippen molar-refractivity contribution >= 4 is 43.6 Å². The number of furan rings is 1. The zero-order valence-electron chi connectivity index (χ0n) is 26.2. The van der Waals surface area contributed by atoms with Gasteiger partial charge in [-0.15, -0.1) is 0 Å². The number of rotatable bonds is 4. The summed E-state index contributed by atoms with van der Waals surface area (Å²) in [6.07, 6.45) is 0. The SMILES string of the molecule is Cc1ccc(-c2ccc3oc4cccc(-c5nc(-c6ccccc6)c6ccccc6n5)c4c3c2)cc1-c1ccc2ccccc2c1C. The average Bonchev–Trinajstić information content (AvgIpc) is 3.50. The summed E-state index contributed by atoms with van der Waals surface area (Å²) < 4.78 is 6.42. The molecule has 0 amide bonds. The van der Waals surface area contributed by atoms with E-state index in [1.807, 2.05) is 30.3 Å². The van der Waals surface area contributed by atoms with Gasteiger partial charge in [-0.25, -0.2) is 9.97 Å².